The molecule has 1 heterocycles. The lowest BCUT2D eigenvalue weighted by Crippen LogP contribution is -2.35. The van der Waals surface area contributed by atoms with Crippen LogP contribution in [0.5, 0.6) is 0 Å². The molecule has 0 amide bonds. The van der Waals surface area contributed by atoms with E-state index in [4.69, 9.17) is 0 Å². The van der Waals surface area contributed by atoms with Crippen molar-refractivity contribution < 1.29 is 10.0 Å². The summed E-state index contributed by atoms with van der Waals surface area (Å²) in [7, 11) is -1.53. The summed E-state index contributed by atoms with van der Waals surface area (Å²) in [5, 5.41) is 23.2. The number of hydrogen-bond donors (Lipinski definition) is 2. The van der Waals surface area contributed by atoms with E-state index >= 15 is 0 Å². The summed E-state index contributed by atoms with van der Waals surface area (Å²) in [6, 6.07) is 20.7. The lowest BCUT2D eigenvalue weighted by atomic mass is 9.68. The van der Waals surface area contributed by atoms with E-state index in [1.807, 2.05) is 30.5 Å². The fourth-order valence-electron chi connectivity index (χ4n) is 5.55. The number of pyridine rings is 1. The van der Waals surface area contributed by atoms with Gasteiger partial charge in [0.15, 0.2) is 0 Å². The maximum Gasteiger partial charge on any atom is 0.489 e. The zero-order chi connectivity index (χ0) is 21.3. The van der Waals surface area contributed by atoms with Crippen LogP contribution in [0.1, 0.15) is 25.0 Å². The second kappa shape index (κ2) is 6.33. The summed E-state index contributed by atoms with van der Waals surface area (Å²) < 4.78 is 2.10. The molecule has 4 heteroatoms. The van der Waals surface area contributed by atoms with E-state index in [0.717, 1.165) is 33.5 Å². The minimum absolute atomic E-state index is 0.288. The van der Waals surface area contributed by atoms with Crippen molar-refractivity contribution in [3.63, 3.8) is 0 Å². The maximum atomic E-state index is 10.3. The maximum absolute atomic E-state index is 10.3. The molecule has 0 unspecified atom stereocenters. The highest BCUT2D eigenvalue weighted by molar-refractivity contribution is 6.62. The van der Waals surface area contributed by atoms with Crippen LogP contribution in [0.15, 0.2) is 78.6 Å². The average molecular weight is 403 g/mol. The largest absolute Gasteiger partial charge is 0.489 e. The van der Waals surface area contributed by atoms with Crippen LogP contribution in [0.4, 0.5) is 0 Å². The van der Waals surface area contributed by atoms with Gasteiger partial charge in [0.2, 0.25) is 0 Å². The van der Waals surface area contributed by atoms with E-state index in [9.17, 15) is 10.0 Å². The zero-order valence-electron chi connectivity index (χ0n) is 17.5. The predicted octanol–water partition coefficient (Wildman–Crippen LogP) is 2.58. The molecular weight excluding hydrogens is 381 g/mol. The molecule has 0 bridgehead atoms. The molecule has 0 atom stereocenters. The molecule has 1 aliphatic heterocycles. The Morgan fingerprint density at radius 2 is 1.58 bits per heavy atom. The van der Waals surface area contributed by atoms with Crippen LogP contribution in [0.2, 0.25) is 0 Å². The zero-order valence-corrected chi connectivity index (χ0v) is 17.5. The van der Waals surface area contributed by atoms with Gasteiger partial charge in [0.05, 0.1) is 0 Å². The molecule has 2 N–H and O–H groups in total. The van der Waals surface area contributed by atoms with Gasteiger partial charge in [0.1, 0.15) is 0 Å². The highest BCUT2D eigenvalue weighted by atomic mass is 16.4. The summed E-state index contributed by atoms with van der Waals surface area (Å²) in [5.41, 5.74) is 7.88. The number of allylic oxidation sites excluding steroid dienone is 1. The van der Waals surface area contributed by atoms with E-state index in [-0.39, 0.29) is 5.41 Å². The highest BCUT2D eigenvalue weighted by Gasteiger charge is 2.42. The Morgan fingerprint density at radius 1 is 0.839 bits per heavy atom. The first-order valence-corrected chi connectivity index (χ1v) is 10.6. The Kier molecular flexibility index (Phi) is 3.77. The van der Waals surface area contributed by atoms with Crippen LogP contribution in [0, 0.1) is 0 Å². The molecule has 0 spiro atoms. The molecule has 0 saturated heterocycles. The van der Waals surface area contributed by atoms with Gasteiger partial charge >= 0.3 is 7.12 Å². The first-order valence-electron chi connectivity index (χ1n) is 10.6. The van der Waals surface area contributed by atoms with Crippen molar-refractivity contribution in [2.45, 2.75) is 19.3 Å². The van der Waals surface area contributed by atoms with Gasteiger partial charge < -0.3 is 14.6 Å². The quantitative estimate of drug-likeness (QED) is 0.506. The molecule has 3 aliphatic carbocycles. The number of rotatable bonds is 2. The predicted molar refractivity (Wildman–Crippen MR) is 127 cm³/mol. The Morgan fingerprint density at radius 3 is 2.35 bits per heavy atom. The molecule has 0 aromatic heterocycles. The number of fused-ring (bicyclic) bond motifs is 5. The summed E-state index contributed by atoms with van der Waals surface area (Å²) in [5.74, 6) is 0. The monoisotopic (exact) mass is 403 g/mol. The van der Waals surface area contributed by atoms with Crippen molar-refractivity contribution in [3.8, 4) is 16.8 Å². The van der Waals surface area contributed by atoms with Gasteiger partial charge in [-0.3, -0.25) is 0 Å². The molecule has 0 radical (unpaired) electrons. The Bertz CT molecular complexity index is 1480. The number of hydrogen-bond acceptors (Lipinski definition) is 2. The second-order valence-corrected chi connectivity index (χ2v) is 8.92. The molecule has 0 saturated carbocycles. The molecule has 0 fully saturated rings. The van der Waals surface area contributed by atoms with Crippen LogP contribution in [-0.2, 0) is 5.41 Å². The van der Waals surface area contributed by atoms with Crippen molar-refractivity contribution in [1.29, 1.82) is 0 Å². The van der Waals surface area contributed by atoms with E-state index < -0.39 is 7.12 Å². The van der Waals surface area contributed by atoms with Crippen LogP contribution in [0.3, 0.4) is 0 Å². The summed E-state index contributed by atoms with van der Waals surface area (Å²) in [4.78, 5) is 0. The van der Waals surface area contributed by atoms with Crippen LogP contribution >= 0.6 is 0 Å². The molecule has 6 rings (SSSR count). The van der Waals surface area contributed by atoms with Crippen molar-refractivity contribution >= 4 is 30.3 Å². The Balaban J connectivity index is 1.72. The molecule has 150 valence electrons. The van der Waals surface area contributed by atoms with Gasteiger partial charge in [-0.05, 0) is 74.1 Å². The van der Waals surface area contributed by atoms with E-state index in [1.54, 1.807) is 0 Å². The number of nitrogens with zero attached hydrogens (tertiary/aromatic N) is 1. The molecule has 3 nitrogen and oxygen atoms in total. The van der Waals surface area contributed by atoms with Crippen LogP contribution in [-0.4, -0.2) is 21.7 Å². The van der Waals surface area contributed by atoms with E-state index in [2.05, 4.69) is 73.2 Å². The van der Waals surface area contributed by atoms with Gasteiger partial charge in [-0.15, -0.1) is 0 Å². The molecule has 2 aromatic carbocycles. The molecule has 4 aliphatic rings. The van der Waals surface area contributed by atoms with E-state index in [1.165, 1.54) is 16.0 Å². The van der Waals surface area contributed by atoms with Gasteiger partial charge in [-0.2, -0.15) is 0 Å². The number of benzene rings is 2. The smallest absolute Gasteiger partial charge is 0.423 e. The summed E-state index contributed by atoms with van der Waals surface area (Å²) in [6.45, 7) is 4.49. The normalized spacial score (nSPS) is 15.7. The molecular formula is C27H22BNO2. The first kappa shape index (κ1) is 18.4. The average Bonchev–Trinajstić information content (AvgIpc) is 3.30. The Hall–Kier alpha value is -3.34. The highest BCUT2D eigenvalue weighted by Crippen LogP contribution is 2.49. The fraction of sp³-hybridized carbons (Fsp3) is 0.111. The Labute approximate surface area is 181 Å². The number of aromatic nitrogens is 1. The van der Waals surface area contributed by atoms with Crippen LogP contribution in [0.25, 0.3) is 34.5 Å². The third-order valence-electron chi connectivity index (χ3n) is 6.77. The minimum atomic E-state index is -1.53. The van der Waals surface area contributed by atoms with E-state index in [0.29, 0.717) is 5.46 Å². The lowest BCUT2D eigenvalue weighted by Gasteiger charge is -2.34. The number of para-hydroxylation sites is 1. The van der Waals surface area contributed by atoms with Gasteiger partial charge in [0, 0.05) is 29.1 Å². The SMILES string of the molecule is CC1(C)C2=c3ccccc3=CC2=Cc2c(B(O)O)c3ccn(-c4ccccc4)cc-3c21. The molecule has 2 aromatic rings. The third-order valence-corrected chi connectivity index (χ3v) is 6.77. The molecule has 31 heavy (non-hydrogen) atoms. The second-order valence-electron chi connectivity index (χ2n) is 8.92. The fourth-order valence-corrected chi connectivity index (χ4v) is 5.55. The van der Waals surface area contributed by atoms with Gasteiger partial charge in [0.25, 0.3) is 0 Å². The standard InChI is InChI=1S/C27H22BNO2/c1-27(2)24-18(14-17-8-6-7-11-20(17)24)15-22-25(27)23-16-29(19-9-4-3-5-10-19)13-12-21(23)26(22)28(30)31/h3-16,30-31H,1-2H3. The van der Waals surface area contributed by atoms with Crippen molar-refractivity contribution in [2.75, 3.05) is 0 Å². The van der Waals surface area contributed by atoms with Crippen molar-refractivity contribution in [1.82, 2.24) is 4.57 Å². The third kappa shape index (κ3) is 2.49. The van der Waals surface area contributed by atoms with Gasteiger partial charge in [-0.1, -0.05) is 56.3 Å². The first-order chi connectivity index (χ1) is 15.0. The summed E-state index contributed by atoms with van der Waals surface area (Å²) >= 11 is 0. The van der Waals surface area contributed by atoms with Gasteiger partial charge in [-0.25, -0.2) is 0 Å². The minimum Gasteiger partial charge on any atom is -0.423 e. The topological polar surface area (TPSA) is 45.4 Å². The lowest BCUT2D eigenvalue weighted by molar-refractivity contribution is 0.426. The van der Waals surface area contributed by atoms with Crippen LogP contribution < -0.4 is 15.9 Å². The summed E-state index contributed by atoms with van der Waals surface area (Å²) in [6.07, 6.45) is 8.47. The van der Waals surface area contributed by atoms with Crippen molar-refractivity contribution in [3.05, 3.63) is 100 Å². The van der Waals surface area contributed by atoms with Crippen molar-refractivity contribution in [2.24, 2.45) is 0 Å².